The molecule has 1 unspecified atom stereocenters. The lowest BCUT2D eigenvalue weighted by Crippen LogP contribution is -2.22. The van der Waals surface area contributed by atoms with Gasteiger partial charge in [-0.2, -0.15) is 0 Å². The summed E-state index contributed by atoms with van der Waals surface area (Å²) in [5, 5.41) is 3.22. The largest absolute Gasteiger partial charge is 0.489 e. The van der Waals surface area contributed by atoms with E-state index in [1.807, 2.05) is 19.1 Å². The van der Waals surface area contributed by atoms with Crippen molar-refractivity contribution in [2.24, 2.45) is 0 Å². The zero-order valence-electron chi connectivity index (χ0n) is 11.9. The molecule has 0 spiro atoms. The van der Waals surface area contributed by atoms with Crippen molar-refractivity contribution in [2.45, 2.75) is 26.4 Å². The van der Waals surface area contributed by atoms with Crippen molar-refractivity contribution in [2.75, 3.05) is 11.9 Å². The van der Waals surface area contributed by atoms with Gasteiger partial charge in [0.25, 0.3) is 0 Å². The van der Waals surface area contributed by atoms with Crippen LogP contribution in [0.15, 0.2) is 48.5 Å². The topological polar surface area (TPSA) is 21.3 Å². The normalized spacial score (nSPS) is 11.9. The lowest BCUT2D eigenvalue weighted by molar-refractivity contribution is 0.234. The van der Waals surface area contributed by atoms with E-state index < -0.39 is 0 Å². The van der Waals surface area contributed by atoms with E-state index in [4.69, 9.17) is 4.74 Å². The van der Waals surface area contributed by atoms with E-state index >= 15 is 0 Å². The molecule has 2 rings (SSSR count). The Balaban J connectivity index is 1.82. The second-order valence-corrected chi connectivity index (χ2v) is 4.81. The van der Waals surface area contributed by atoms with Crippen molar-refractivity contribution in [1.82, 2.24) is 0 Å². The molecular formula is C17H20FNO. The van der Waals surface area contributed by atoms with E-state index in [2.05, 4.69) is 24.4 Å². The van der Waals surface area contributed by atoms with Crippen LogP contribution in [-0.2, 0) is 6.42 Å². The minimum absolute atomic E-state index is 0.0347. The molecule has 0 aliphatic carbocycles. The summed E-state index contributed by atoms with van der Waals surface area (Å²) < 4.78 is 18.6. The Kier molecular flexibility index (Phi) is 4.99. The third-order valence-corrected chi connectivity index (χ3v) is 3.11. The molecule has 2 aromatic rings. The van der Waals surface area contributed by atoms with Crippen LogP contribution in [0.1, 0.15) is 19.4 Å². The van der Waals surface area contributed by atoms with Gasteiger partial charge in [-0.1, -0.05) is 19.1 Å². The number of benzene rings is 2. The van der Waals surface area contributed by atoms with Gasteiger partial charge in [-0.3, -0.25) is 0 Å². The Hall–Kier alpha value is -2.03. The fourth-order valence-corrected chi connectivity index (χ4v) is 1.91. The zero-order chi connectivity index (χ0) is 14.4. The Morgan fingerprint density at radius 2 is 1.70 bits per heavy atom. The number of hydrogen-bond donors (Lipinski definition) is 1. The van der Waals surface area contributed by atoms with Gasteiger partial charge in [0, 0.05) is 5.69 Å². The molecule has 3 heteroatoms. The maximum Gasteiger partial charge on any atom is 0.123 e. The quantitative estimate of drug-likeness (QED) is 0.848. The molecule has 0 bridgehead atoms. The first kappa shape index (κ1) is 14.4. The number of hydrogen-bond acceptors (Lipinski definition) is 2. The summed E-state index contributed by atoms with van der Waals surface area (Å²) in [6.45, 7) is 4.80. The number of halogens is 1. The highest BCUT2D eigenvalue weighted by atomic mass is 19.1. The number of aryl methyl sites for hydroxylation is 1. The van der Waals surface area contributed by atoms with Crippen molar-refractivity contribution in [3.8, 4) is 5.75 Å². The van der Waals surface area contributed by atoms with Crippen molar-refractivity contribution >= 4 is 5.69 Å². The Labute approximate surface area is 119 Å². The second kappa shape index (κ2) is 6.94. The van der Waals surface area contributed by atoms with Crippen molar-refractivity contribution in [1.29, 1.82) is 0 Å². The summed E-state index contributed by atoms with van der Waals surface area (Å²) in [7, 11) is 0. The van der Waals surface area contributed by atoms with Gasteiger partial charge in [0.15, 0.2) is 0 Å². The van der Waals surface area contributed by atoms with Crippen LogP contribution in [0, 0.1) is 5.82 Å². The van der Waals surface area contributed by atoms with Gasteiger partial charge in [-0.25, -0.2) is 4.39 Å². The Morgan fingerprint density at radius 1 is 1.05 bits per heavy atom. The first-order chi connectivity index (χ1) is 9.67. The van der Waals surface area contributed by atoms with E-state index in [1.54, 1.807) is 12.1 Å². The van der Waals surface area contributed by atoms with Crippen molar-refractivity contribution < 1.29 is 9.13 Å². The van der Waals surface area contributed by atoms with E-state index in [-0.39, 0.29) is 11.9 Å². The highest BCUT2D eigenvalue weighted by molar-refractivity contribution is 5.42. The molecule has 0 radical (unpaired) electrons. The maximum absolute atomic E-state index is 12.8. The molecule has 1 N–H and O–H groups in total. The van der Waals surface area contributed by atoms with Crippen molar-refractivity contribution in [3.63, 3.8) is 0 Å². The summed E-state index contributed by atoms with van der Waals surface area (Å²) in [4.78, 5) is 0. The third kappa shape index (κ3) is 4.26. The average molecular weight is 273 g/mol. The number of nitrogens with one attached hydrogen (secondary N) is 1. The smallest absolute Gasteiger partial charge is 0.123 e. The SMILES string of the molecule is CCc1ccc(OC(C)CNc2ccc(F)cc2)cc1. The van der Waals surface area contributed by atoms with Gasteiger partial charge in [-0.05, 0) is 55.3 Å². The van der Waals surface area contributed by atoms with Gasteiger partial charge < -0.3 is 10.1 Å². The highest BCUT2D eigenvalue weighted by Gasteiger charge is 2.04. The minimum atomic E-state index is -0.226. The van der Waals surface area contributed by atoms with Crippen LogP contribution in [0.25, 0.3) is 0 Å². The lowest BCUT2D eigenvalue weighted by Gasteiger charge is -2.16. The number of anilines is 1. The van der Waals surface area contributed by atoms with Gasteiger partial charge in [0.2, 0.25) is 0 Å². The van der Waals surface area contributed by atoms with Gasteiger partial charge in [0.1, 0.15) is 17.7 Å². The summed E-state index contributed by atoms with van der Waals surface area (Å²) in [6.07, 6.45) is 1.06. The minimum Gasteiger partial charge on any atom is -0.489 e. The second-order valence-electron chi connectivity index (χ2n) is 4.81. The van der Waals surface area contributed by atoms with Crippen LogP contribution in [0.2, 0.25) is 0 Å². The Bertz CT molecular complexity index is 522. The average Bonchev–Trinajstić information content (AvgIpc) is 2.47. The van der Waals surface area contributed by atoms with Crippen LogP contribution in [-0.4, -0.2) is 12.6 Å². The van der Waals surface area contributed by atoms with Crippen molar-refractivity contribution in [3.05, 3.63) is 59.9 Å². The molecule has 0 aliphatic heterocycles. The molecule has 0 aromatic heterocycles. The Morgan fingerprint density at radius 3 is 2.30 bits per heavy atom. The van der Waals surface area contributed by atoms with Crippen LogP contribution in [0.3, 0.4) is 0 Å². The first-order valence-electron chi connectivity index (χ1n) is 6.92. The van der Waals surface area contributed by atoms with E-state index in [0.29, 0.717) is 6.54 Å². The molecule has 0 amide bonds. The molecule has 20 heavy (non-hydrogen) atoms. The van der Waals surface area contributed by atoms with Crippen LogP contribution >= 0.6 is 0 Å². The molecule has 0 saturated carbocycles. The summed E-state index contributed by atoms with van der Waals surface area (Å²) in [5.41, 5.74) is 2.19. The van der Waals surface area contributed by atoms with E-state index in [9.17, 15) is 4.39 Å². The summed E-state index contributed by atoms with van der Waals surface area (Å²) >= 11 is 0. The van der Waals surface area contributed by atoms with Crippen LogP contribution in [0.5, 0.6) is 5.75 Å². The van der Waals surface area contributed by atoms with Gasteiger partial charge >= 0.3 is 0 Å². The predicted octanol–water partition coefficient (Wildman–Crippen LogP) is 4.27. The summed E-state index contributed by atoms with van der Waals surface area (Å²) in [6, 6.07) is 14.5. The van der Waals surface area contributed by atoms with Gasteiger partial charge in [0.05, 0.1) is 6.54 Å². The summed E-state index contributed by atoms with van der Waals surface area (Å²) in [5.74, 6) is 0.645. The molecule has 0 heterocycles. The zero-order valence-corrected chi connectivity index (χ0v) is 11.9. The monoisotopic (exact) mass is 273 g/mol. The van der Waals surface area contributed by atoms with E-state index in [1.165, 1.54) is 17.7 Å². The highest BCUT2D eigenvalue weighted by Crippen LogP contribution is 2.15. The number of rotatable bonds is 6. The number of ether oxygens (including phenoxy) is 1. The standard InChI is InChI=1S/C17H20FNO/c1-3-14-4-10-17(11-5-14)20-13(2)12-19-16-8-6-15(18)7-9-16/h4-11,13,19H,3,12H2,1-2H3. The van der Waals surface area contributed by atoms with Crippen LogP contribution < -0.4 is 10.1 Å². The predicted molar refractivity (Wildman–Crippen MR) is 80.8 cm³/mol. The fraction of sp³-hybridized carbons (Fsp3) is 0.294. The molecule has 0 fully saturated rings. The lowest BCUT2D eigenvalue weighted by atomic mass is 10.2. The fourth-order valence-electron chi connectivity index (χ4n) is 1.91. The molecule has 1 atom stereocenters. The molecule has 2 nitrogen and oxygen atoms in total. The van der Waals surface area contributed by atoms with E-state index in [0.717, 1.165) is 17.9 Å². The maximum atomic E-state index is 12.8. The molecule has 0 saturated heterocycles. The van der Waals surface area contributed by atoms with Gasteiger partial charge in [-0.15, -0.1) is 0 Å². The third-order valence-electron chi connectivity index (χ3n) is 3.11. The molecule has 106 valence electrons. The molecule has 0 aliphatic rings. The molecular weight excluding hydrogens is 253 g/mol. The molecule has 2 aromatic carbocycles. The van der Waals surface area contributed by atoms with Crippen LogP contribution in [0.4, 0.5) is 10.1 Å². The first-order valence-corrected chi connectivity index (χ1v) is 6.92.